The van der Waals surface area contributed by atoms with Gasteiger partial charge in [0.05, 0.1) is 0 Å². The SMILES string of the molecule is Cc1cc(C(C)Nc2ccc3cc[nH]c(=O)c3c2)ccc1[C@@H](C)CO. The number of nitrogens with one attached hydrogen (secondary N) is 2. The lowest BCUT2D eigenvalue weighted by Gasteiger charge is -2.19. The van der Waals surface area contributed by atoms with Gasteiger partial charge < -0.3 is 15.4 Å². The molecule has 0 aliphatic heterocycles. The maximum Gasteiger partial charge on any atom is 0.255 e. The Labute approximate surface area is 147 Å². The minimum Gasteiger partial charge on any atom is -0.396 e. The van der Waals surface area contributed by atoms with Crippen LogP contribution in [0.5, 0.6) is 0 Å². The summed E-state index contributed by atoms with van der Waals surface area (Å²) in [6.45, 7) is 6.35. The highest BCUT2D eigenvalue weighted by Crippen LogP contribution is 2.26. The molecule has 0 spiro atoms. The largest absolute Gasteiger partial charge is 0.396 e. The van der Waals surface area contributed by atoms with Crippen LogP contribution in [0.15, 0.2) is 53.5 Å². The van der Waals surface area contributed by atoms with Gasteiger partial charge in [-0.1, -0.05) is 31.2 Å². The predicted octanol–water partition coefficient (Wildman–Crippen LogP) is 4.11. The summed E-state index contributed by atoms with van der Waals surface area (Å²) in [7, 11) is 0. The number of hydrogen-bond donors (Lipinski definition) is 3. The number of aromatic nitrogens is 1. The van der Waals surface area contributed by atoms with Crippen LogP contribution in [-0.4, -0.2) is 16.7 Å². The summed E-state index contributed by atoms with van der Waals surface area (Å²) in [5, 5.41) is 14.4. The topological polar surface area (TPSA) is 65.1 Å². The first kappa shape index (κ1) is 17.2. The molecule has 2 atom stereocenters. The van der Waals surface area contributed by atoms with Gasteiger partial charge in [-0.2, -0.15) is 0 Å². The van der Waals surface area contributed by atoms with E-state index in [-0.39, 0.29) is 24.1 Å². The number of pyridine rings is 1. The highest BCUT2D eigenvalue weighted by molar-refractivity contribution is 5.84. The van der Waals surface area contributed by atoms with E-state index < -0.39 is 0 Å². The minimum absolute atomic E-state index is 0.0769. The molecule has 0 aliphatic carbocycles. The van der Waals surface area contributed by atoms with E-state index >= 15 is 0 Å². The standard InChI is InChI=1S/C21H24N2O2/c1-13-10-17(5-7-19(13)14(2)12-24)15(3)23-18-6-4-16-8-9-22-21(25)20(16)11-18/h4-11,14-15,23-24H,12H2,1-3H3,(H,22,25)/t14-,15?/m0/s1. The number of hydrogen-bond acceptors (Lipinski definition) is 3. The van der Waals surface area contributed by atoms with Gasteiger partial charge in [-0.3, -0.25) is 4.79 Å². The summed E-state index contributed by atoms with van der Waals surface area (Å²) in [4.78, 5) is 14.7. The minimum atomic E-state index is -0.0769. The van der Waals surface area contributed by atoms with E-state index in [9.17, 15) is 9.90 Å². The average Bonchev–Trinajstić information content (AvgIpc) is 2.61. The van der Waals surface area contributed by atoms with Crippen molar-refractivity contribution in [3.05, 3.63) is 75.7 Å². The van der Waals surface area contributed by atoms with Gasteiger partial charge >= 0.3 is 0 Å². The molecule has 3 N–H and O–H groups in total. The van der Waals surface area contributed by atoms with Gasteiger partial charge in [-0.15, -0.1) is 0 Å². The van der Waals surface area contributed by atoms with Crippen molar-refractivity contribution < 1.29 is 5.11 Å². The van der Waals surface area contributed by atoms with Crippen LogP contribution >= 0.6 is 0 Å². The molecule has 0 saturated heterocycles. The van der Waals surface area contributed by atoms with Gasteiger partial charge in [0.15, 0.2) is 0 Å². The zero-order valence-corrected chi connectivity index (χ0v) is 14.8. The summed E-state index contributed by atoms with van der Waals surface area (Å²) >= 11 is 0. The molecule has 0 bridgehead atoms. The van der Waals surface area contributed by atoms with Crippen molar-refractivity contribution in [3.8, 4) is 0 Å². The van der Waals surface area contributed by atoms with E-state index in [0.29, 0.717) is 5.39 Å². The molecule has 25 heavy (non-hydrogen) atoms. The van der Waals surface area contributed by atoms with Gasteiger partial charge in [0.1, 0.15) is 0 Å². The number of aliphatic hydroxyl groups excluding tert-OH is 1. The van der Waals surface area contributed by atoms with Crippen molar-refractivity contribution in [2.45, 2.75) is 32.7 Å². The molecule has 3 rings (SSSR count). The molecule has 4 heteroatoms. The fourth-order valence-electron chi connectivity index (χ4n) is 3.23. The summed E-state index contributed by atoms with van der Waals surface area (Å²) in [5.74, 6) is 0.143. The summed E-state index contributed by atoms with van der Waals surface area (Å²) in [5.41, 5.74) is 4.38. The van der Waals surface area contributed by atoms with Crippen LogP contribution in [-0.2, 0) is 0 Å². The average molecular weight is 336 g/mol. The molecule has 0 saturated carbocycles. The normalized spacial score (nSPS) is 13.6. The number of aliphatic hydroxyl groups is 1. The number of H-pyrrole nitrogens is 1. The van der Waals surface area contributed by atoms with E-state index in [1.165, 1.54) is 16.7 Å². The fourth-order valence-corrected chi connectivity index (χ4v) is 3.23. The third-order valence-corrected chi connectivity index (χ3v) is 4.76. The second kappa shape index (κ2) is 7.11. The van der Waals surface area contributed by atoms with Crippen LogP contribution in [0, 0.1) is 6.92 Å². The monoisotopic (exact) mass is 336 g/mol. The maximum absolute atomic E-state index is 12.0. The van der Waals surface area contributed by atoms with Crippen LogP contribution < -0.4 is 10.9 Å². The van der Waals surface area contributed by atoms with Crippen molar-refractivity contribution in [3.63, 3.8) is 0 Å². The van der Waals surface area contributed by atoms with Crippen LogP contribution in [0.4, 0.5) is 5.69 Å². The lowest BCUT2D eigenvalue weighted by molar-refractivity contribution is 0.272. The second-order valence-corrected chi connectivity index (χ2v) is 6.67. The van der Waals surface area contributed by atoms with Crippen LogP contribution in [0.2, 0.25) is 0 Å². The number of aryl methyl sites for hydroxylation is 1. The Bertz CT molecular complexity index is 946. The Balaban J connectivity index is 1.85. The molecule has 1 heterocycles. The Hall–Kier alpha value is -2.59. The Kier molecular flexibility index (Phi) is 4.91. The second-order valence-electron chi connectivity index (χ2n) is 6.67. The number of benzene rings is 2. The first-order valence-electron chi connectivity index (χ1n) is 8.59. The summed E-state index contributed by atoms with van der Waals surface area (Å²) < 4.78 is 0. The Morgan fingerprint density at radius 1 is 1.12 bits per heavy atom. The van der Waals surface area contributed by atoms with Crippen molar-refractivity contribution in [1.82, 2.24) is 4.98 Å². The highest BCUT2D eigenvalue weighted by Gasteiger charge is 2.11. The zero-order valence-electron chi connectivity index (χ0n) is 14.8. The van der Waals surface area contributed by atoms with E-state index in [4.69, 9.17) is 0 Å². The van der Waals surface area contributed by atoms with Gasteiger partial charge in [-0.25, -0.2) is 0 Å². The fraction of sp³-hybridized carbons (Fsp3) is 0.286. The molecule has 0 fully saturated rings. The molecular weight excluding hydrogens is 312 g/mol. The number of aromatic amines is 1. The zero-order chi connectivity index (χ0) is 18.0. The van der Waals surface area contributed by atoms with Gasteiger partial charge in [0.25, 0.3) is 5.56 Å². The van der Waals surface area contributed by atoms with E-state index in [1.807, 2.05) is 31.2 Å². The number of fused-ring (bicyclic) bond motifs is 1. The molecule has 4 nitrogen and oxygen atoms in total. The smallest absolute Gasteiger partial charge is 0.255 e. The highest BCUT2D eigenvalue weighted by atomic mass is 16.3. The number of anilines is 1. The molecule has 130 valence electrons. The van der Waals surface area contributed by atoms with Gasteiger partial charge in [0, 0.05) is 35.8 Å². The molecule has 3 aromatic rings. The van der Waals surface area contributed by atoms with E-state index in [2.05, 4.69) is 42.3 Å². The molecule has 0 aliphatic rings. The molecule has 1 unspecified atom stereocenters. The molecular formula is C21H24N2O2. The Morgan fingerprint density at radius 3 is 2.64 bits per heavy atom. The molecule has 0 amide bonds. The van der Waals surface area contributed by atoms with Crippen molar-refractivity contribution in [2.24, 2.45) is 0 Å². The Morgan fingerprint density at radius 2 is 1.92 bits per heavy atom. The van der Waals surface area contributed by atoms with Crippen molar-refractivity contribution >= 4 is 16.5 Å². The lowest BCUT2D eigenvalue weighted by Crippen LogP contribution is -2.10. The van der Waals surface area contributed by atoms with E-state index in [1.54, 1.807) is 6.20 Å². The summed E-state index contributed by atoms with van der Waals surface area (Å²) in [6.07, 6.45) is 1.66. The summed E-state index contributed by atoms with van der Waals surface area (Å²) in [6, 6.07) is 14.2. The third-order valence-electron chi connectivity index (χ3n) is 4.76. The maximum atomic E-state index is 12.0. The molecule has 0 radical (unpaired) electrons. The third kappa shape index (κ3) is 3.59. The van der Waals surface area contributed by atoms with Crippen LogP contribution in [0.25, 0.3) is 10.8 Å². The first-order chi connectivity index (χ1) is 12.0. The van der Waals surface area contributed by atoms with Gasteiger partial charge in [0.2, 0.25) is 0 Å². The quantitative estimate of drug-likeness (QED) is 0.657. The lowest BCUT2D eigenvalue weighted by atomic mass is 9.94. The van der Waals surface area contributed by atoms with Crippen LogP contribution in [0.1, 0.15) is 42.5 Å². The van der Waals surface area contributed by atoms with Crippen LogP contribution in [0.3, 0.4) is 0 Å². The molecule has 1 aromatic heterocycles. The van der Waals surface area contributed by atoms with Crippen molar-refractivity contribution in [1.29, 1.82) is 0 Å². The van der Waals surface area contributed by atoms with Crippen molar-refractivity contribution in [2.75, 3.05) is 11.9 Å². The van der Waals surface area contributed by atoms with E-state index in [0.717, 1.165) is 11.1 Å². The van der Waals surface area contributed by atoms with Gasteiger partial charge in [-0.05, 0) is 54.1 Å². The predicted molar refractivity (Wildman–Crippen MR) is 103 cm³/mol. The molecule has 2 aromatic carbocycles. The number of rotatable bonds is 5. The first-order valence-corrected chi connectivity index (χ1v) is 8.59.